The summed E-state index contributed by atoms with van der Waals surface area (Å²) in [6, 6.07) is 5.80. The summed E-state index contributed by atoms with van der Waals surface area (Å²) in [4.78, 5) is 15.8. The third-order valence-corrected chi connectivity index (χ3v) is 2.53. The van der Waals surface area contributed by atoms with Gasteiger partial charge in [-0.3, -0.25) is 4.79 Å². The summed E-state index contributed by atoms with van der Waals surface area (Å²) in [6.45, 7) is 0.535. The van der Waals surface area contributed by atoms with E-state index in [9.17, 15) is 9.18 Å². The number of benzene rings is 1. The van der Waals surface area contributed by atoms with Crippen molar-refractivity contribution in [2.75, 3.05) is 13.7 Å². The maximum absolute atomic E-state index is 13.4. The number of amides is 1. The van der Waals surface area contributed by atoms with Crippen molar-refractivity contribution in [1.29, 1.82) is 0 Å². The predicted molar refractivity (Wildman–Crippen MR) is 67.4 cm³/mol. The first-order valence-electron chi connectivity index (χ1n) is 6.04. The largest absolute Gasteiger partial charge is 0.375 e. The lowest BCUT2D eigenvalue weighted by Crippen LogP contribution is -2.26. The van der Waals surface area contributed by atoms with E-state index < -0.39 is 11.7 Å². The van der Waals surface area contributed by atoms with E-state index in [1.807, 2.05) is 0 Å². The quantitative estimate of drug-likeness (QED) is 0.863. The van der Waals surface area contributed by atoms with Gasteiger partial charge in [0.25, 0.3) is 11.8 Å². The zero-order chi connectivity index (χ0) is 14.4. The molecule has 1 heterocycles. The fourth-order valence-electron chi connectivity index (χ4n) is 1.60. The van der Waals surface area contributed by atoms with E-state index in [4.69, 9.17) is 9.26 Å². The second kappa shape index (κ2) is 6.76. The molecule has 1 N–H and O–H groups in total. The summed E-state index contributed by atoms with van der Waals surface area (Å²) < 4.78 is 23.1. The Morgan fingerprint density at radius 1 is 1.45 bits per heavy atom. The van der Waals surface area contributed by atoms with Crippen LogP contribution in [0.3, 0.4) is 0 Å². The van der Waals surface area contributed by atoms with Crippen LogP contribution < -0.4 is 5.32 Å². The third kappa shape index (κ3) is 3.61. The van der Waals surface area contributed by atoms with Crippen molar-refractivity contribution in [2.45, 2.75) is 13.0 Å². The second-order valence-electron chi connectivity index (χ2n) is 4.02. The van der Waals surface area contributed by atoms with E-state index in [2.05, 4.69) is 15.5 Å². The summed E-state index contributed by atoms with van der Waals surface area (Å²) in [5, 5.41) is 6.33. The minimum absolute atomic E-state index is 0.0145. The zero-order valence-electron chi connectivity index (χ0n) is 10.9. The van der Waals surface area contributed by atoms with E-state index >= 15 is 0 Å². The van der Waals surface area contributed by atoms with Crippen LogP contribution in [0.5, 0.6) is 0 Å². The molecule has 7 heteroatoms. The molecule has 0 radical (unpaired) electrons. The second-order valence-corrected chi connectivity index (χ2v) is 4.02. The number of carbonyl (C=O) groups is 1. The van der Waals surface area contributed by atoms with Gasteiger partial charge in [0.2, 0.25) is 0 Å². The van der Waals surface area contributed by atoms with Gasteiger partial charge in [0, 0.05) is 20.1 Å². The molecule has 0 atom stereocenters. The Balaban J connectivity index is 1.83. The molecule has 0 aliphatic heterocycles. The normalized spacial score (nSPS) is 10.5. The number of hydrogen-bond acceptors (Lipinski definition) is 5. The molecular formula is C13H14FN3O3. The van der Waals surface area contributed by atoms with Crippen LogP contribution in [0.1, 0.15) is 22.1 Å². The molecule has 0 unspecified atom stereocenters. The Hall–Kier alpha value is -2.28. The molecule has 2 rings (SSSR count). The molecule has 0 fully saturated rings. The van der Waals surface area contributed by atoms with Crippen molar-refractivity contribution in [2.24, 2.45) is 0 Å². The number of rotatable bonds is 6. The minimum atomic E-state index is -0.549. The van der Waals surface area contributed by atoms with Gasteiger partial charge >= 0.3 is 0 Å². The molecule has 1 aromatic carbocycles. The van der Waals surface area contributed by atoms with Crippen LogP contribution >= 0.6 is 0 Å². The lowest BCUT2D eigenvalue weighted by atomic mass is 10.2. The number of hydrogen-bond donors (Lipinski definition) is 1. The van der Waals surface area contributed by atoms with E-state index in [1.54, 1.807) is 6.07 Å². The number of ether oxygens (including phenoxy) is 1. The smallest absolute Gasteiger partial charge is 0.254 e. The summed E-state index contributed by atoms with van der Waals surface area (Å²) in [5.41, 5.74) is 0.0145. The molecule has 0 saturated heterocycles. The van der Waals surface area contributed by atoms with Gasteiger partial charge in [0.1, 0.15) is 12.4 Å². The molecule has 0 saturated carbocycles. The number of methoxy groups -OCH3 is 1. The molecule has 106 valence electrons. The van der Waals surface area contributed by atoms with Gasteiger partial charge in [-0.25, -0.2) is 4.39 Å². The highest BCUT2D eigenvalue weighted by Gasteiger charge is 2.11. The van der Waals surface area contributed by atoms with Gasteiger partial charge in [0.15, 0.2) is 5.82 Å². The Morgan fingerprint density at radius 2 is 2.25 bits per heavy atom. The molecule has 0 aliphatic carbocycles. The zero-order valence-corrected chi connectivity index (χ0v) is 10.9. The van der Waals surface area contributed by atoms with Crippen molar-refractivity contribution in [3.05, 3.63) is 47.4 Å². The first kappa shape index (κ1) is 14.1. The lowest BCUT2D eigenvalue weighted by molar-refractivity contribution is 0.0950. The monoisotopic (exact) mass is 279 g/mol. The molecule has 6 nitrogen and oxygen atoms in total. The number of halogens is 1. The average Bonchev–Trinajstić information content (AvgIpc) is 2.87. The summed E-state index contributed by atoms with van der Waals surface area (Å²) >= 11 is 0. The van der Waals surface area contributed by atoms with Crippen molar-refractivity contribution < 1.29 is 18.4 Å². The van der Waals surface area contributed by atoms with Gasteiger partial charge in [-0.2, -0.15) is 4.98 Å². The van der Waals surface area contributed by atoms with Crippen molar-refractivity contribution in [3.63, 3.8) is 0 Å². The van der Waals surface area contributed by atoms with Crippen LogP contribution in [0.2, 0.25) is 0 Å². The maximum atomic E-state index is 13.4. The van der Waals surface area contributed by atoms with Crippen molar-refractivity contribution in [1.82, 2.24) is 15.5 Å². The van der Waals surface area contributed by atoms with Crippen LogP contribution in [0.4, 0.5) is 4.39 Å². The standard InChI is InChI=1S/C13H14FN3O3/c1-19-8-12-16-11(17-20-12)6-7-15-13(18)9-4-2-3-5-10(9)14/h2-5H,6-8H2,1H3,(H,15,18). The molecule has 0 bridgehead atoms. The highest BCUT2D eigenvalue weighted by atomic mass is 19.1. The maximum Gasteiger partial charge on any atom is 0.254 e. The van der Waals surface area contributed by atoms with Gasteiger partial charge in [-0.1, -0.05) is 17.3 Å². The average molecular weight is 279 g/mol. The number of nitrogens with one attached hydrogen (secondary N) is 1. The summed E-state index contributed by atoms with van der Waals surface area (Å²) in [5.74, 6) is -0.176. The molecule has 2 aromatic rings. The third-order valence-electron chi connectivity index (χ3n) is 2.53. The van der Waals surface area contributed by atoms with Crippen LogP contribution in [0, 0.1) is 5.82 Å². The Morgan fingerprint density at radius 3 is 3.00 bits per heavy atom. The molecule has 20 heavy (non-hydrogen) atoms. The van der Waals surface area contributed by atoms with Crippen LogP contribution in [-0.4, -0.2) is 29.7 Å². The van der Waals surface area contributed by atoms with Gasteiger partial charge in [-0.05, 0) is 12.1 Å². The number of aromatic nitrogens is 2. The topological polar surface area (TPSA) is 77.2 Å². The highest BCUT2D eigenvalue weighted by molar-refractivity contribution is 5.94. The van der Waals surface area contributed by atoms with Gasteiger partial charge < -0.3 is 14.6 Å². The first-order valence-corrected chi connectivity index (χ1v) is 6.04. The van der Waals surface area contributed by atoms with Crippen LogP contribution in [0.15, 0.2) is 28.8 Å². The van der Waals surface area contributed by atoms with Crippen LogP contribution in [0.25, 0.3) is 0 Å². The van der Waals surface area contributed by atoms with Crippen molar-refractivity contribution in [3.8, 4) is 0 Å². The fourth-order valence-corrected chi connectivity index (χ4v) is 1.60. The fraction of sp³-hybridized carbons (Fsp3) is 0.308. The Kier molecular flexibility index (Phi) is 4.78. The van der Waals surface area contributed by atoms with Gasteiger partial charge in [-0.15, -0.1) is 0 Å². The van der Waals surface area contributed by atoms with E-state index in [1.165, 1.54) is 25.3 Å². The minimum Gasteiger partial charge on any atom is -0.375 e. The Labute approximate surface area is 114 Å². The number of nitrogens with zero attached hydrogens (tertiary/aromatic N) is 2. The Bertz CT molecular complexity index is 586. The van der Waals surface area contributed by atoms with Crippen LogP contribution in [-0.2, 0) is 17.8 Å². The lowest BCUT2D eigenvalue weighted by Gasteiger charge is -2.04. The summed E-state index contributed by atoms with van der Waals surface area (Å²) in [7, 11) is 1.53. The molecule has 0 spiro atoms. The van der Waals surface area contributed by atoms with Crippen molar-refractivity contribution >= 4 is 5.91 Å². The predicted octanol–water partition coefficient (Wildman–Crippen LogP) is 1.33. The summed E-state index contributed by atoms with van der Waals surface area (Å²) in [6.07, 6.45) is 0.396. The van der Waals surface area contributed by atoms with E-state index in [-0.39, 0.29) is 12.2 Å². The van der Waals surface area contributed by atoms with E-state index in [0.29, 0.717) is 24.7 Å². The SMILES string of the molecule is COCc1nc(CCNC(=O)c2ccccc2F)no1. The molecule has 1 amide bonds. The number of carbonyl (C=O) groups excluding carboxylic acids is 1. The highest BCUT2D eigenvalue weighted by Crippen LogP contribution is 2.05. The van der Waals surface area contributed by atoms with Gasteiger partial charge in [0.05, 0.1) is 5.56 Å². The first-order chi connectivity index (χ1) is 9.70. The van der Waals surface area contributed by atoms with E-state index in [0.717, 1.165) is 0 Å². The molecule has 0 aliphatic rings. The molecular weight excluding hydrogens is 265 g/mol. The molecule has 1 aromatic heterocycles.